The van der Waals surface area contributed by atoms with Crippen molar-refractivity contribution in [3.63, 3.8) is 0 Å². The lowest BCUT2D eigenvalue weighted by Gasteiger charge is -2.34. The second kappa shape index (κ2) is 7.64. The highest BCUT2D eigenvalue weighted by Crippen LogP contribution is 2.37. The van der Waals surface area contributed by atoms with Crippen LogP contribution in [-0.2, 0) is 14.8 Å². The van der Waals surface area contributed by atoms with Crippen LogP contribution in [0.4, 0.5) is 5.69 Å². The quantitative estimate of drug-likeness (QED) is 0.819. The Hall–Kier alpha value is -2.25. The summed E-state index contributed by atoms with van der Waals surface area (Å²) >= 11 is 6.00. The number of nitrogens with zero attached hydrogens (tertiary/aromatic N) is 1. The van der Waals surface area contributed by atoms with E-state index in [1.54, 1.807) is 12.1 Å². The fourth-order valence-corrected chi connectivity index (χ4v) is 4.17. The van der Waals surface area contributed by atoms with Gasteiger partial charge in [-0.25, -0.2) is 8.42 Å². The van der Waals surface area contributed by atoms with E-state index in [-0.39, 0.29) is 18.5 Å². The largest absolute Gasteiger partial charge is 0.476 e. The number of carbonyl (C=O) groups excluding carboxylic acids is 1. The van der Waals surface area contributed by atoms with Crippen molar-refractivity contribution >= 4 is 33.2 Å². The highest BCUT2D eigenvalue weighted by Gasteiger charge is 2.35. The lowest BCUT2D eigenvalue weighted by molar-refractivity contribution is -0.128. The van der Waals surface area contributed by atoms with Gasteiger partial charge in [0.1, 0.15) is 5.75 Å². The lowest BCUT2D eigenvalue weighted by Crippen LogP contribution is -2.50. The molecule has 2 aromatic rings. The molecule has 0 unspecified atom stereocenters. The molecule has 0 aromatic heterocycles. The molecule has 150 valence electrons. The number of hydrogen-bond acceptors (Lipinski definition) is 4. The number of hydrogen-bond donors (Lipinski definition) is 1. The van der Waals surface area contributed by atoms with Crippen molar-refractivity contribution in [1.82, 2.24) is 5.32 Å². The molecule has 1 aliphatic heterocycles. The molecule has 0 bridgehead atoms. The van der Waals surface area contributed by atoms with Gasteiger partial charge < -0.3 is 10.1 Å². The summed E-state index contributed by atoms with van der Waals surface area (Å²) in [6.07, 6.45) is 0.132. The Morgan fingerprint density at radius 3 is 2.57 bits per heavy atom. The summed E-state index contributed by atoms with van der Waals surface area (Å²) < 4.78 is 31.4. The van der Waals surface area contributed by atoms with Gasteiger partial charge in [-0.05, 0) is 55.7 Å². The number of sulfonamides is 1. The summed E-state index contributed by atoms with van der Waals surface area (Å²) in [5.74, 6) is -0.0694. The maximum Gasteiger partial charge on any atom is 0.263 e. The van der Waals surface area contributed by atoms with Gasteiger partial charge in [0.25, 0.3) is 5.91 Å². The van der Waals surface area contributed by atoms with E-state index in [4.69, 9.17) is 16.3 Å². The van der Waals surface area contributed by atoms with E-state index in [1.807, 2.05) is 39.0 Å². The molecule has 0 fully saturated rings. The topological polar surface area (TPSA) is 75.7 Å². The summed E-state index contributed by atoms with van der Waals surface area (Å²) in [5.41, 5.74) is 3.62. The van der Waals surface area contributed by atoms with Crippen molar-refractivity contribution in [3.8, 4) is 5.75 Å². The Morgan fingerprint density at radius 1 is 1.21 bits per heavy atom. The molecule has 0 spiro atoms. The smallest absolute Gasteiger partial charge is 0.263 e. The molecule has 3 rings (SSSR count). The monoisotopic (exact) mass is 422 g/mol. The van der Waals surface area contributed by atoms with Gasteiger partial charge >= 0.3 is 0 Å². The number of rotatable bonds is 4. The summed E-state index contributed by atoms with van der Waals surface area (Å²) in [6.45, 7) is 5.82. The first-order valence-corrected chi connectivity index (χ1v) is 11.1. The van der Waals surface area contributed by atoms with Crippen molar-refractivity contribution in [2.24, 2.45) is 0 Å². The highest BCUT2D eigenvalue weighted by molar-refractivity contribution is 7.92. The minimum Gasteiger partial charge on any atom is -0.476 e. The van der Waals surface area contributed by atoms with Crippen LogP contribution in [0.3, 0.4) is 0 Å². The second-order valence-electron chi connectivity index (χ2n) is 7.09. The van der Waals surface area contributed by atoms with Gasteiger partial charge in [0.15, 0.2) is 6.10 Å². The number of ether oxygens (including phenoxy) is 1. The zero-order chi connectivity index (χ0) is 20.6. The third-order valence-electron chi connectivity index (χ3n) is 4.87. The molecular formula is C20H23ClN2O4S. The van der Waals surface area contributed by atoms with E-state index in [0.717, 1.165) is 21.7 Å². The minimum absolute atomic E-state index is 0.113. The minimum atomic E-state index is -3.60. The van der Waals surface area contributed by atoms with Crippen LogP contribution in [0.5, 0.6) is 5.75 Å². The summed E-state index contributed by atoms with van der Waals surface area (Å²) in [5, 5.41) is 3.31. The van der Waals surface area contributed by atoms with Crippen LogP contribution in [0.1, 0.15) is 29.7 Å². The Morgan fingerprint density at radius 2 is 1.93 bits per heavy atom. The van der Waals surface area contributed by atoms with Crippen molar-refractivity contribution in [3.05, 3.63) is 58.1 Å². The standard InChI is InChI=1S/C20H23ClN2O4S/c1-12-5-6-15(9-13(12)2)14(3)22-20(24)19-11-23(28(4,25)26)17-10-16(21)7-8-18(17)27-19/h5-10,14,19H,11H2,1-4H3,(H,22,24)/t14-,19+/m0/s1. The number of aryl methyl sites for hydroxylation is 2. The number of nitrogens with one attached hydrogen (secondary N) is 1. The van der Waals surface area contributed by atoms with E-state index in [2.05, 4.69) is 5.32 Å². The molecule has 28 heavy (non-hydrogen) atoms. The van der Waals surface area contributed by atoms with E-state index in [0.29, 0.717) is 16.5 Å². The molecule has 2 aromatic carbocycles. The first kappa shape index (κ1) is 20.5. The number of carbonyl (C=O) groups is 1. The molecule has 0 aliphatic carbocycles. The summed E-state index contributed by atoms with van der Waals surface area (Å²) in [4.78, 5) is 12.8. The van der Waals surface area contributed by atoms with Crippen molar-refractivity contribution in [1.29, 1.82) is 0 Å². The molecule has 0 saturated carbocycles. The first-order valence-electron chi connectivity index (χ1n) is 8.87. The molecule has 1 N–H and O–H groups in total. The molecule has 1 aliphatic rings. The summed E-state index contributed by atoms with van der Waals surface area (Å²) in [6, 6.07) is 10.5. The van der Waals surface area contributed by atoms with Gasteiger partial charge in [-0.1, -0.05) is 29.8 Å². The number of amides is 1. The molecule has 2 atom stereocenters. The van der Waals surface area contributed by atoms with E-state index >= 15 is 0 Å². The van der Waals surface area contributed by atoms with E-state index in [1.165, 1.54) is 11.6 Å². The van der Waals surface area contributed by atoms with Crippen LogP contribution in [0.2, 0.25) is 5.02 Å². The van der Waals surface area contributed by atoms with Gasteiger partial charge in [0, 0.05) is 5.02 Å². The van der Waals surface area contributed by atoms with Gasteiger partial charge in [-0.15, -0.1) is 0 Å². The van der Waals surface area contributed by atoms with Gasteiger partial charge in [-0.2, -0.15) is 0 Å². The third-order valence-corrected chi connectivity index (χ3v) is 6.25. The van der Waals surface area contributed by atoms with Crippen molar-refractivity contribution < 1.29 is 17.9 Å². The summed E-state index contributed by atoms with van der Waals surface area (Å²) in [7, 11) is -3.60. The van der Waals surface area contributed by atoms with Crippen molar-refractivity contribution in [2.75, 3.05) is 17.1 Å². The Balaban J connectivity index is 1.82. The maximum atomic E-state index is 12.8. The van der Waals surface area contributed by atoms with Gasteiger partial charge in [-0.3, -0.25) is 9.10 Å². The Bertz CT molecular complexity index is 1020. The van der Waals surface area contributed by atoms with Crippen LogP contribution in [0, 0.1) is 13.8 Å². The zero-order valence-corrected chi connectivity index (χ0v) is 17.8. The number of halogens is 1. The maximum absolute atomic E-state index is 12.8. The Kier molecular flexibility index (Phi) is 5.59. The van der Waals surface area contributed by atoms with E-state index < -0.39 is 16.1 Å². The van der Waals surface area contributed by atoms with Gasteiger partial charge in [0.05, 0.1) is 24.5 Å². The second-order valence-corrected chi connectivity index (χ2v) is 9.43. The van der Waals surface area contributed by atoms with E-state index in [9.17, 15) is 13.2 Å². The van der Waals surface area contributed by atoms with Crippen LogP contribution in [-0.4, -0.2) is 33.2 Å². The van der Waals surface area contributed by atoms with Crippen LogP contribution < -0.4 is 14.4 Å². The van der Waals surface area contributed by atoms with Crippen LogP contribution in [0.15, 0.2) is 36.4 Å². The van der Waals surface area contributed by atoms with Gasteiger partial charge in [0.2, 0.25) is 10.0 Å². The third kappa shape index (κ3) is 4.25. The molecule has 0 radical (unpaired) electrons. The molecule has 1 amide bonds. The molecule has 6 nitrogen and oxygen atoms in total. The predicted molar refractivity (Wildman–Crippen MR) is 111 cm³/mol. The number of anilines is 1. The predicted octanol–water partition coefficient (Wildman–Crippen LogP) is 3.36. The zero-order valence-electron chi connectivity index (χ0n) is 16.2. The number of fused-ring (bicyclic) bond motifs is 1. The Labute approximate surface area is 170 Å². The molecular weight excluding hydrogens is 400 g/mol. The molecule has 1 heterocycles. The SMILES string of the molecule is Cc1ccc([C@H](C)NC(=O)[C@H]2CN(S(C)(=O)=O)c3cc(Cl)ccc3O2)cc1C. The molecule has 0 saturated heterocycles. The molecule has 8 heteroatoms. The average Bonchev–Trinajstić information content (AvgIpc) is 2.62. The van der Waals surface area contributed by atoms with Crippen LogP contribution in [0.25, 0.3) is 0 Å². The average molecular weight is 423 g/mol. The normalized spacial score (nSPS) is 17.5. The fourth-order valence-electron chi connectivity index (χ4n) is 3.10. The first-order chi connectivity index (χ1) is 13.1. The van der Waals surface area contributed by atoms with Crippen molar-refractivity contribution in [2.45, 2.75) is 32.9 Å². The van der Waals surface area contributed by atoms with Crippen LogP contribution >= 0.6 is 11.6 Å². The lowest BCUT2D eigenvalue weighted by atomic mass is 10.0. The number of benzene rings is 2. The fraction of sp³-hybridized carbons (Fsp3) is 0.350. The highest BCUT2D eigenvalue weighted by atomic mass is 35.5.